The quantitative estimate of drug-likeness (QED) is 0.815. The van der Waals surface area contributed by atoms with Crippen LogP contribution in [0.15, 0.2) is 0 Å². The molecule has 6 heteroatoms. The summed E-state index contributed by atoms with van der Waals surface area (Å²) in [5.74, 6) is 0. The third kappa shape index (κ3) is 4.94. The Labute approximate surface area is 98.3 Å². The van der Waals surface area contributed by atoms with E-state index in [1.165, 1.54) is 0 Å². The van der Waals surface area contributed by atoms with Gasteiger partial charge in [0.25, 0.3) is 6.43 Å². The lowest BCUT2D eigenvalue weighted by atomic mass is 10.1. The van der Waals surface area contributed by atoms with Gasteiger partial charge in [0, 0.05) is 12.0 Å². The van der Waals surface area contributed by atoms with Crippen LogP contribution in [0.2, 0.25) is 0 Å². The van der Waals surface area contributed by atoms with E-state index in [1.54, 1.807) is 0 Å². The van der Waals surface area contributed by atoms with Gasteiger partial charge in [-0.15, -0.1) is 10.2 Å². The molecule has 0 saturated heterocycles. The number of hydrogen-bond donors (Lipinski definition) is 1. The molecule has 1 rings (SSSR count). The number of nitrogens with zero attached hydrogens (tertiary/aromatic N) is 2. The molecule has 0 radical (unpaired) electrons. The molecule has 0 spiro atoms. The van der Waals surface area contributed by atoms with Crippen molar-refractivity contribution in [3.8, 4) is 0 Å². The summed E-state index contributed by atoms with van der Waals surface area (Å²) < 4.78 is 24.4. The van der Waals surface area contributed by atoms with E-state index in [0.29, 0.717) is 11.4 Å². The molecule has 0 bridgehead atoms. The minimum absolute atomic E-state index is 0.0925. The van der Waals surface area contributed by atoms with E-state index >= 15 is 0 Å². The second-order valence-corrected chi connectivity index (χ2v) is 5.71. The van der Waals surface area contributed by atoms with E-state index in [9.17, 15) is 8.78 Å². The van der Waals surface area contributed by atoms with E-state index in [1.807, 2.05) is 0 Å². The maximum atomic E-state index is 12.2. The molecule has 0 fully saturated rings. The second-order valence-electron chi connectivity index (χ2n) is 4.62. The fourth-order valence-corrected chi connectivity index (χ4v) is 1.90. The zero-order chi connectivity index (χ0) is 12.2. The van der Waals surface area contributed by atoms with Gasteiger partial charge in [-0.2, -0.15) is 0 Å². The summed E-state index contributed by atoms with van der Waals surface area (Å²) in [6.45, 7) is 7.12. The Hall–Kier alpha value is -0.620. The van der Waals surface area contributed by atoms with Gasteiger partial charge in [-0.3, -0.25) is 0 Å². The molecule has 0 unspecified atom stereocenters. The maximum Gasteiger partial charge on any atom is 0.291 e. The van der Waals surface area contributed by atoms with Gasteiger partial charge in [-0.05, 0) is 33.7 Å². The third-order valence-corrected chi connectivity index (χ3v) is 2.88. The maximum absolute atomic E-state index is 12.2. The van der Waals surface area contributed by atoms with Crippen molar-refractivity contribution in [2.24, 2.45) is 0 Å². The number of halogens is 2. The van der Waals surface area contributed by atoms with Crippen LogP contribution in [0.5, 0.6) is 0 Å². The first kappa shape index (κ1) is 13.4. The summed E-state index contributed by atoms with van der Waals surface area (Å²) in [4.78, 5) is 0. The Bertz CT molecular complexity index is 320. The highest BCUT2D eigenvalue weighted by Gasteiger charge is 2.14. The second kappa shape index (κ2) is 5.63. The Morgan fingerprint density at radius 2 is 2.00 bits per heavy atom. The number of hydrogen-bond acceptors (Lipinski definition) is 4. The van der Waals surface area contributed by atoms with Gasteiger partial charge in [-0.25, -0.2) is 8.78 Å². The van der Waals surface area contributed by atoms with Crippen molar-refractivity contribution in [2.45, 2.75) is 45.6 Å². The van der Waals surface area contributed by atoms with Crippen LogP contribution in [0.25, 0.3) is 0 Å². The molecule has 0 amide bonds. The van der Waals surface area contributed by atoms with Gasteiger partial charge >= 0.3 is 0 Å². The van der Waals surface area contributed by atoms with Crippen LogP contribution in [0.4, 0.5) is 8.78 Å². The Kier molecular flexibility index (Phi) is 4.73. The summed E-state index contributed by atoms with van der Waals surface area (Å²) in [6.07, 6.45) is -0.915. The average molecular weight is 249 g/mol. The summed E-state index contributed by atoms with van der Waals surface area (Å²) >= 11 is 0.999. The van der Waals surface area contributed by atoms with E-state index in [2.05, 4.69) is 36.3 Å². The van der Waals surface area contributed by atoms with Crippen LogP contribution < -0.4 is 5.32 Å². The van der Waals surface area contributed by atoms with Crippen LogP contribution in [0, 0.1) is 0 Å². The summed E-state index contributed by atoms with van der Waals surface area (Å²) in [6, 6.07) is 0. The minimum Gasteiger partial charge on any atom is -0.312 e. The van der Waals surface area contributed by atoms with E-state index < -0.39 is 6.43 Å². The average Bonchev–Trinajstić information content (AvgIpc) is 2.59. The first-order chi connectivity index (χ1) is 7.38. The van der Waals surface area contributed by atoms with Crippen molar-refractivity contribution < 1.29 is 8.78 Å². The molecule has 92 valence electrons. The van der Waals surface area contributed by atoms with Gasteiger partial charge in [-0.1, -0.05) is 11.3 Å². The summed E-state index contributed by atoms with van der Waals surface area (Å²) in [7, 11) is 0. The monoisotopic (exact) mass is 249 g/mol. The zero-order valence-corrected chi connectivity index (χ0v) is 10.6. The molecule has 0 aliphatic heterocycles. The molecule has 0 aliphatic rings. The zero-order valence-electron chi connectivity index (χ0n) is 9.76. The molecular formula is C10H17F2N3S. The number of alkyl halides is 2. The summed E-state index contributed by atoms with van der Waals surface area (Å²) in [5, 5.41) is 11.0. The van der Waals surface area contributed by atoms with Gasteiger partial charge in [0.2, 0.25) is 0 Å². The summed E-state index contributed by atoms with van der Waals surface area (Å²) in [5.41, 5.74) is 0.0925. The van der Waals surface area contributed by atoms with Crippen molar-refractivity contribution in [2.75, 3.05) is 6.54 Å². The van der Waals surface area contributed by atoms with E-state index in [-0.39, 0.29) is 10.5 Å². The van der Waals surface area contributed by atoms with E-state index in [0.717, 1.165) is 24.3 Å². The number of rotatable bonds is 5. The Morgan fingerprint density at radius 1 is 1.31 bits per heavy atom. The molecule has 1 heterocycles. The first-order valence-electron chi connectivity index (χ1n) is 5.24. The number of nitrogens with one attached hydrogen (secondary N) is 1. The predicted octanol–water partition coefficient (Wildman–Crippen LogP) is 2.80. The normalized spacial score (nSPS) is 12.4. The third-order valence-electron chi connectivity index (χ3n) is 1.89. The minimum atomic E-state index is -2.50. The SMILES string of the molecule is CC(C)(C)NCCCc1nnc(C(F)F)s1. The van der Waals surface area contributed by atoms with Gasteiger partial charge in [0.15, 0.2) is 5.01 Å². The molecule has 1 N–H and O–H groups in total. The van der Waals surface area contributed by atoms with Crippen molar-refractivity contribution >= 4 is 11.3 Å². The molecular weight excluding hydrogens is 232 g/mol. The lowest BCUT2D eigenvalue weighted by molar-refractivity contribution is 0.150. The highest BCUT2D eigenvalue weighted by molar-refractivity contribution is 7.11. The molecule has 0 atom stereocenters. The Morgan fingerprint density at radius 3 is 2.50 bits per heavy atom. The largest absolute Gasteiger partial charge is 0.312 e. The van der Waals surface area contributed by atoms with Gasteiger partial charge < -0.3 is 5.32 Å². The fraction of sp³-hybridized carbons (Fsp3) is 0.800. The van der Waals surface area contributed by atoms with Crippen molar-refractivity contribution in [1.82, 2.24) is 15.5 Å². The molecule has 16 heavy (non-hydrogen) atoms. The van der Waals surface area contributed by atoms with Crippen molar-refractivity contribution in [1.29, 1.82) is 0 Å². The predicted molar refractivity (Wildman–Crippen MR) is 60.9 cm³/mol. The first-order valence-corrected chi connectivity index (χ1v) is 6.05. The molecule has 1 aromatic heterocycles. The number of aryl methyl sites for hydroxylation is 1. The van der Waals surface area contributed by atoms with Crippen LogP contribution in [0.3, 0.4) is 0 Å². The van der Waals surface area contributed by atoms with E-state index in [4.69, 9.17) is 0 Å². The fourth-order valence-electron chi connectivity index (χ4n) is 1.16. The molecule has 1 aromatic rings. The molecule has 0 saturated carbocycles. The highest BCUT2D eigenvalue weighted by Crippen LogP contribution is 2.22. The molecule has 0 aromatic carbocycles. The van der Waals surface area contributed by atoms with Crippen LogP contribution >= 0.6 is 11.3 Å². The lowest BCUT2D eigenvalue weighted by Crippen LogP contribution is -2.36. The lowest BCUT2D eigenvalue weighted by Gasteiger charge is -2.20. The smallest absolute Gasteiger partial charge is 0.291 e. The van der Waals surface area contributed by atoms with Crippen LogP contribution in [0.1, 0.15) is 43.6 Å². The van der Waals surface area contributed by atoms with Gasteiger partial charge in [0.05, 0.1) is 0 Å². The standard InChI is InChI=1S/C10H17F2N3S/c1-10(2,3)13-6-4-5-7-14-15-9(16-7)8(11)12/h8,13H,4-6H2,1-3H3. The Balaban J connectivity index is 2.27. The number of aromatic nitrogens is 2. The highest BCUT2D eigenvalue weighted by atomic mass is 32.1. The topological polar surface area (TPSA) is 37.8 Å². The molecule has 3 nitrogen and oxygen atoms in total. The van der Waals surface area contributed by atoms with Gasteiger partial charge in [0.1, 0.15) is 5.01 Å². The van der Waals surface area contributed by atoms with Crippen molar-refractivity contribution in [3.63, 3.8) is 0 Å². The van der Waals surface area contributed by atoms with Crippen LogP contribution in [-0.4, -0.2) is 22.3 Å². The van der Waals surface area contributed by atoms with Crippen LogP contribution in [-0.2, 0) is 6.42 Å². The molecule has 0 aliphatic carbocycles. The van der Waals surface area contributed by atoms with Crippen molar-refractivity contribution in [3.05, 3.63) is 10.0 Å².